The molecule has 0 aromatic carbocycles. The van der Waals surface area contributed by atoms with Gasteiger partial charge in [-0.1, -0.05) is 0 Å². The van der Waals surface area contributed by atoms with Crippen molar-refractivity contribution in [3.63, 3.8) is 0 Å². The second-order valence-corrected chi connectivity index (χ2v) is 10.8. The highest BCUT2D eigenvalue weighted by Crippen LogP contribution is 2.31. The summed E-state index contributed by atoms with van der Waals surface area (Å²) in [6.07, 6.45) is 3.23. The van der Waals surface area contributed by atoms with Gasteiger partial charge in [-0.25, -0.2) is 13.4 Å². The molecule has 0 aliphatic rings. The van der Waals surface area contributed by atoms with Crippen molar-refractivity contribution in [2.45, 2.75) is 13.0 Å². The van der Waals surface area contributed by atoms with Crippen LogP contribution in [0.25, 0.3) is 22.3 Å². The van der Waals surface area contributed by atoms with Crippen LogP contribution < -0.4 is 0 Å². The van der Waals surface area contributed by atoms with Crippen LogP contribution in [0.4, 0.5) is 0 Å². The monoisotopic (exact) mass is 521 g/mol. The summed E-state index contributed by atoms with van der Waals surface area (Å²) in [5, 5.41) is 8.27. The van der Waals surface area contributed by atoms with Gasteiger partial charge in [-0.15, -0.1) is 5.10 Å². The van der Waals surface area contributed by atoms with Crippen LogP contribution in [-0.4, -0.2) is 66.5 Å². The van der Waals surface area contributed by atoms with E-state index < -0.39 is 26.2 Å². The molecule has 1 atom stereocenters. The molecule has 0 N–H and O–H groups in total. The SMILES string of the molecule is C[C@@H](OCCOS(C)(=O)=O)c1c(-c2ccc3c(n2)c(Br)nn3S(C)(=O)=O)cnn1C. The highest BCUT2D eigenvalue weighted by Gasteiger charge is 2.22. The first kappa shape index (κ1) is 22.8. The minimum Gasteiger partial charge on any atom is -0.370 e. The lowest BCUT2D eigenvalue weighted by atomic mass is 10.1. The van der Waals surface area contributed by atoms with Crippen LogP contribution in [0.5, 0.6) is 0 Å². The minimum atomic E-state index is -3.58. The molecular weight excluding hydrogens is 502 g/mol. The number of hydrogen-bond acceptors (Lipinski definition) is 9. The number of nitrogens with zero attached hydrogens (tertiary/aromatic N) is 5. The topological polar surface area (TPSA) is 135 Å². The smallest absolute Gasteiger partial charge is 0.264 e. The number of aryl methyl sites for hydroxylation is 1. The average Bonchev–Trinajstić information content (AvgIpc) is 3.18. The molecule has 11 nitrogen and oxygen atoms in total. The fourth-order valence-corrected chi connectivity index (χ4v) is 4.62. The average molecular weight is 522 g/mol. The molecule has 0 saturated carbocycles. The van der Waals surface area contributed by atoms with E-state index in [2.05, 4.69) is 35.3 Å². The molecular formula is C16H20BrN5O6S2. The van der Waals surface area contributed by atoms with Crippen LogP contribution in [0.1, 0.15) is 18.7 Å². The van der Waals surface area contributed by atoms with Crippen molar-refractivity contribution in [3.05, 3.63) is 28.6 Å². The summed E-state index contributed by atoms with van der Waals surface area (Å²) in [5.74, 6) is 0. The third kappa shape index (κ3) is 4.88. The van der Waals surface area contributed by atoms with Gasteiger partial charge in [-0.3, -0.25) is 8.86 Å². The fraction of sp³-hybridized carbons (Fsp3) is 0.438. The molecule has 3 heterocycles. The molecule has 0 amide bonds. The Balaban J connectivity index is 1.92. The number of halogens is 1. The summed E-state index contributed by atoms with van der Waals surface area (Å²) in [7, 11) is -5.36. The first-order valence-electron chi connectivity index (χ1n) is 8.62. The van der Waals surface area contributed by atoms with Gasteiger partial charge in [0.15, 0.2) is 4.60 Å². The highest BCUT2D eigenvalue weighted by molar-refractivity contribution is 9.10. The maximum absolute atomic E-state index is 11.9. The molecule has 3 aromatic heterocycles. The number of ether oxygens (including phenoxy) is 1. The van der Waals surface area contributed by atoms with E-state index in [4.69, 9.17) is 4.74 Å². The van der Waals surface area contributed by atoms with Crippen molar-refractivity contribution in [3.8, 4) is 11.3 Å². The summed E-state index contributed by atoms with van der Waals surface area (Å²) in [4.78, 5) is 4.56. The van der Waals surface area contributed by atoms with Crippen molar-refractivity contribution in [1.82, 2.24) is 24.0 Å². The predicted octanol–water partition coefficient (Wildman–Crippen LogP) is 1.46. The van der Waals surface area contributed by atoms with Crippen molar-refractivity contribution < 1.29 is 25.8 Å². The van der Waals surface area contributed by atoms with E-state index in [9.17, 15) is 16.8 Å². The van der Waals surface area contributed by atoms with Crippen molar-refractivity contribution in [2.24, 2.45) is 7.05 Å². The molecule has 3 aromatic rings. The normalized spacial score (nSPS) is 13.8. The van der Waals surface area contributed by atoms with E-state index in [1.165, 1.54) is 0 Å². The molecule has 3 rings (SSSR count). The van der Waals surface area contributed by atoms with Crippen LogP contribution >= 0.6 is 15.9 Å². The zero-order chi connectivity index (χ0) is 22.3. The molecule has 0 fully saturated rings. The van der Waals surface area contributed by atoms with E-state index in [0.29, 0.717) is 32.6 Å². The van der Waals surface area contributed by atoms with Gasteiger partial charge in [0, 0.05) is 12.6 Å². The summed E-state index contributed by atoms with van der Waals surface area (Å²) < 4.78 is 59.2. The Morgan fingerprint density at radius 3 is 2.50 bits per heavy atom. The molecule has 0 bridgehead atoms. The van der Waals surface area contributed by atoms with Gasteiger partial charge in [-0.05, 0) is 35.0 Å². The van der Waals surface area contributed by atoms with Gasteiger partial charge in [0.1, 0.15) is 11.0 Å². The first-order chi connectivity index (χ1) is 13.9. The third-order valence-electron chi connectivity index (χ3n) is 4.16. The Morgan fingerprint density at radius 1 is 1.17 bits per heavy atom. The van der Waals surface area contributed by atoms with E-state index in [-0.39, 0.29) is 13.2 Å². The van der Waals surface area contributed by atoms with E-state index >= 15 is 0 Å². The standard InChI is InChI=1S/C16H20BrN5O6S2/c1-10(27-7-8-28-30(4,25)26)15-11(9-18-21(15)2)12-5-6-13-14(19-12)16(17)20-22(13)29(3,23)24/h5-6,9-10H,7-8H2,1-4H3/t10-/m1/s1. The summed E-state index contributed by atoms with van der Waals surface area (Å²) >= 11 is 3.26. The van der Waals surface area contributed by atoms with E-state index in [0.717, 1.165) is 16.6 Å². The van der Waals surface area contributed by atoms with Crippen LogP contribution in [0.3, 0.4) is 0 Å². The van der Waals surface area contributed by atoms with Crippen LogP contribution in [0, 0.1) is 0 Å². The number of aromatic nitrogens is 5. The van der Waals surface area contributed by atoms with Gasteiger partial charge >= 0.3 is 0 Å². The van der Waals surface area contributed by atoms with Gasteiger partial charge in [0.05, 0.1) is 49.4 Å². The van der Waals surface area contributed by atoms with Gasteiger partial charge < -0.3 is 4.74 Å². The maximum Gasteiger partial charge on any atom is 0.264 e. The molecule has 0 spiro atoms. The lowest BCUT2D eigenvalue weighted by Gasteiger charge is -2.15. The Bertz CT molecular complexity index is 1300. The molecule has 30 heavy (non-hydrogen) atoms. The molecule has 164 valence electrons. The molecule has 0 aliphatic carbocycles. The molecule has 0 unspecified atom stereocenters. The zero-order valence-electron chi connectivity index (χ0n) is 16.6. The summed E-state index contributed by atoms with van der Waals surface area (Å²) in [6.45, 7) is 1.77. The lowest BCUT2D eigenvalue weighted by Crippen LogP contribution is -2.13. The summed E-state index contributed by atoms with van der Waals surface area (Å²) in [5.41, 5.74) is 2.70. The number of hydrogen-bond donors (Lipinski definition) is 0. The first-order valence-corrected chi connectivity index (χ1v) is 13.1. The maximum atomic E-state index is 11.9. The number of rotatable bonds is 8. The van der Waals surface area contributed by atoms with Gasteiger partial charge in [0.25, 0.3) is 20.1 Å². The predicted molar refractivity (Wildman–Crippen MR) is 113 cm³/mol. The Labute approximate surface area is 182 Å². The molecule has 14 heteroatoms. The molecule has 0 aliphatic heterocycles. The third-order valence-corrected chi connectivity index (χ3v) is 6.20. The van der Waals surface area contributed by atoms with Crippen molar-refractivity contribution in [1.29, 1.82) is 0 Å². The van der Waals surface area contributed by atoms with E-state index in [1.807, 2.05) is 0 Å². The molecule has 0 radical (unpaired) electrons. The van der Waals surface area contributed by atoms with Gasteiger partial charge in [-0.2, -0.15) is 17.6 Å². The number of fused-ring (bicyclic) bond motifs is 1. The zero-order valence-corrected chi connectivity index (χ0v) is 19.8. The Hall–Kier alpha value is -1.87. The minimum absolute atomic E-state index is 0.0675. The second kappa shape index (κ2) is 8.34. The Morgan fingerprint density at radius 2 is 1.87 bits per heavy atom. The summed E-state index contributed by atoms with van der Waals surface area (Å²) in [6, 6.07) is 3.30. The van der Waals surface area contributed by atoms with Crippen molar-refractivity contribution in [2.75, 3.05) is 25.7 Å². The Kier molecular flexibility index (Phi) is 6.34. The largest absolute Gasteiger partial charge is 0.370 e. The number of pyridine rings is 1. The van der Waals surface area contributed by atoms with Crippen molar-refractivity contribution >= 4 is 47.1 Å². The van der Waals surface area contributed by atoms with E-state index in [1.54, 1.807) is 37.0 Å². The van der Waals surface area contributed by atoms with Gasteiger partial charge in [0.2, 0.25) is 0 Å². The second-order valence-electron chi connectivity index (χ2n) is 6.57. The quantitative estimate of drug-likeness (QED) is 0.318. The fourth-order valence-electron chi connectivity index (χ4n) is 2.96. The highest BCUT2D eigenvalue weighted by atomic mass is 79.9. The van der Waals surface area contributed by atoms with Crippen LogP contribution in [-0.2, 0) is 36.1 Å². The lowest BCUT2D eigenvalue weighted by molar-refractivity contribution is 0.0411. The van der Waals surface area contributed by atoms with Crippen LogP contribution in [0.15, 0.2) is 22.9 Å². The molecule has 0 saturated heterocycles. The van der Waals surface area contributed by atoms with Crippen LogP contribution in [0.2, 0.25) is 0 Å².